The van der Waals surface area contributed by atoms with Crippen LogP contribution in [0.1, 0.15) is 52.0 Å². The van der Waals surface area contributed by atoms with Crippen molar-refractivity contribution in [3.05, 3.63) is 42.2 Å². The van der Waals surface area contributed by atoms with Crippen molar-refractivity contribution in [1.29, 1.82) is 0 Å². The first-order valence-electron chi connectivity index (χ1n) is 9.36. The Morgan fingerprint density at radius 1 is 1.08 bits per heavy atom. The predicted octanol–water partition coefficient (Wildman–Crippen LogP) is 4.60. The minimum absolute atomic E-state index is 0.138. The molecule has 1 unspecified atom stereocenters. The van der Waals surface area contributed by atoms with Crippen molar-refractivity contribution in [1.82, 2.24) is 9.97 Å². The normalized spacial score (nSPS) is 12.0. The zero-order valence-electron chi connectivity index (χ0n) is 15.9. The zero-order valence-corrected chi connectivity index (χ0v) is 15.9. The van der Waals surface area contributed by atoms with Gasteiger partial charge in [0.1, 0.15) is 5.75 Å². The van der Waals surface area contributed by atoms with Crippen LogP contribution in [0, 0.1) is 0 Å². The molecule has 0 bridgehead atoms. The number of unbranched alkanes of at least 4 members (excludes halogenated alkanes) is 1. The second-order valence-electron chi connectivity index (χ2n) is 6.40. The average Bonchev–Trinajstić information content (AvgIpc) is 2.65. The standard InChI is InChI=1S/C21H28N2O3/c1-4-6-7-17-14-22-21(23-15-17)18-8-10-19(11-9-18)26-20(24)13-16(3)25-12-5-2/h8-11,14-16H,4-7,12-13H2,1-3H3. The number of benzene rings is 1. The van der Waals surface area contributed by atoms with Crippen LogP contribution in [0.4, 0.5) is 0 Å². The highest BCUT2D eigenvalue weighted by Crippen LogP contribution is 2.20. The summed E-state index contributed by atoms with van der Waals surface area (Å²) in [4.78, 5) is 20.8. The lowest BCUT2D eigenvalue weighted by atomic mass is 10.1. The lowest BCUT2D eigenvalue weighted by Crippen LogP contribution is -2.18. The van der Waals surface area contributed by atoms with Crippen molar-refractivity contribution >= 4 is 5.97 Å². The van der Waals surface area contributed by atoms with Gasteiger partial charge in [0.05, 0.1) is 12.5 Å². The van der Waals surface area contributed by atoms with Gasteiger partial charge in [0.15, 0.2) is 5.82 Å². The molecular formula is C21H28N2O3. The van der Waals surface area contributed by atoms with Gasteiger partial charge in [-0.2, -0.15) is 0 Å². The number of carbonyl (C=O) groups is 1. The number of aryl methyl sites for hydroxylation is 1. The molecule has 0 saturated heterocycles. The lowest BCUT2D eigenvalue weighted by molar-refractivity contribution is -0.137. The van der Waals surface area contributed by atoms with E-state index >= 15 is 0 Å². The summed E-state index contributed by atoms with van der Waals surface area (Å²) in [6.45, 7) is 6.74. The molecule has 0 N–H and O–H groups in total. The molecule has 1 aromatic carbocycles. The Balaban J connectivity index is 1.90. The van der Waals surface area contributed by atoms with Crippen LogP contribution in [-0.2, 0) is 16.0 Å². The second kappa shape index (κ2) is 10.7. The number of hydrogen-bond acceptors (Lipinski definition) is 5. The molecule has 2 aromatic rings. The van der Waals surface area contributed by atoms with Gasteiger partial charge in [-0.1, -0.05) is 20.3 Å². The minimum atomic E-state index is -0.294. The molecule has 0 fully saturated rings. The van der Waals surface area contributed by atoms with E-state index in [9.17, 15) is 4.79 Å². The number of ether oxygens (including phenoxy) is 2. The smallest absolute Gasteiger partial charge is 0.313 e. The lowest BCUT2D eigenvalue weighted by Gasteiger charge is -2.11. The summed E-state index contributed by atoms with van der Waals surface area (Å²) in [5.41, 5.74) is 2.05. The van der Waals surface area contributed by atoms with Crippen molar-refractivity contribution < 1.29 is 14.3 Å². The molecule has 0 aliphatic heterocycles. The summed E-state index contributed by atoms with van der Waals surface area (Å²) >= 11 is 0. The van der Waals surface area contributed by atoms with Crippen LogP contribution < -0.4 is 4.74 Å². The van der Waals surface area contributed by atoms with Gasteiger partial charge in [-0.05, 0) is 56.0 Å². The van der Waals surface area contributed by atoms with E-state index in [0.717, 1.165) is 36.8 Å². The molecule has 1 heterocycles. The van der Waals surface area contributed by atoms with E-state index in [2.05, 4.69) is 16.9 Å². The van der Waals surface area contributed by atoms with Crippen LogP contribution in [0.2, 0.25) is 0 Å². The first-order chi connectivity index (χ1) is 12.6. The summed E-state index contributed by atoms with van der Waals surface area (Å²) in [6, 6.07) is 7.25. The Morgan fingerprint density at radius 3 is 2.38 bits per heavy atom. The topological polar surface area (TPSA) is 61.3 Å². The van der Waals surface area contributed by atoms with Crippen LogP contribution in [0.15, 0.2) is 36.7 Å². The number of rotatable bonds is 10. The molecule has 1 atom stereocenters. The van der Waals surface area contributed by atoms with Gasteiger partial charge >= 0.3 is 5.97 Å². The van der Waals surface area contributed by atoms with E-state index in [1.807, 2.05) is 38.4 Å². The van der Waals surface area contributed by atoms with Gasteiger partial charge in [-0.3, -0.25) is 4.79 Å². The van der Waals surface area contributed by atoms with E-state index in [1.165, 1.54) is 0 Å². The SMILES string of the molecule is CCCCc1cnc(-c2ccc(OC(=O)CC(C)OCCC)cc2)nc1. The van der Waals surface area contributed by atoms with Gasteiger partial charge in [0.25, 0.3) is 0 Å². The Labute approximate surface area is 155 Å². The molecule has 1 aromatic heterocycles. The van der Waals surface area contributed by atoms with Crippen molar-refractivity contribution in [3.8, 4) is 17.1 Å². The highest BCUT2D eigenvalue weighted by atomic mass is 16.5. The number of nitrogens with zero attached hydrogens (tertiary/aromatic N) is 2. The molecule has 0 saturated carbocycles. The fraction of sp³-hybridized carbons (Fsp3) is 0.476. The van der Waals surface area contributed by atoms with E-state index in [-0.39, 0.29) is 18.5 Å². The van der Waals surface area contributed by atoms with E-state index in [0.29, 0.717) is 18.2 Å². The molecule has 0 spiro atoms. The maximum Gasteiger partial charge on any atom is 0.313 e. The van der Waals surface area contributed by atoms with Crippen LogP contribution in [0.3, 0.4) is 0 Å². The highest BCUT2D eigenvalue weighted by molar-refractivity contribution is 5.73. The molecule has 140 valence electrons. The largest absolute Gasteiger partial charge is 0.426 e. The Kier molecular flexibility index (Phi) is 8.22. The molecule has 5 heteroatoms. The van der Waals surface area contributed by atoms with E-state index < -0.39 is 0 Å². The maximum atomic E-state index is 11.9. The summed E-state index contributed by atoms with van der Waals surface area (Å²) in [7, 11) is 0. The monoisotopic (exact) mass is 356 g/mol. The highest BCUT2D eigenvalue weighted by Gasteiger charge is 2.12. The molecule has 0 amide bonds. The van der Waals surface area contributed by atoms with Gasteiger partial charge in [-0.25, -0.2) is 9.97 Å². The number of esters is 1. The van der Waals surface area contributed by atoms with Gasteiger partial charge < -0.3 is 9.47 Å². The van der Waals surface area contributed by atoms with E-state index in [1.54, 1.807) is 12.1 Å². The van der Waals surface area contributed by atoms with Gasteiger partial charge in [-0.15, -0.1) is 0 Å². The van der Waals surface area contributed by atoms with Crippen molar-refractivity contribution in [2.45, 2.75) is 59.0 Å². The summed E-state index contributed by atoms with van der Waals surface area (Å²) < 4.78 is 10.9. The van der Waals surface area contributed by atoms with Crippen molar-refractivity contribution in [2.24, 2.45) is 0 Å². The third kappa shape index (κ3) is 6.56. The Morgan fingerprint density at radius 2 is 1.77 bits per heavy atom. The molecule has 2 rings (SSSR count). The van der Waals surface area contributed by atoms with Crippen LogP contribution >= 0.6 is 0 Å². The zero-order chi connectivity index (χ0) is 18.8. The average molecular weight is 356 g/mol. The summed E-state index contributed by atoms with van der Waals surface area (Å²) in [5, 5.41) is 0. The minimum Gasteiger partial charge on any atom is -0.426 e. The number of hydrogen-bond donors (Lipinski definition) is 0. The fourth-order valence-electron chi connectivity index (χ4n) is 2.47. The first-order valence-corrected chi connectivity index (χ1v) is 9.36. The van der Waals surface area contributed by atoms with E-state index in [4.69, 9.17) is 9.47 Å². The molecule has 0 aliphatic rings. The Bertz CT molecular complexity index is 669. The molecule has 0 aliphatic carbocycles. The molecular weight excluding hydrogens is 328 g/mol. The van der Waals surface area contributed by atoms with Crippen molar-refractivity contribution in [3.63, 3.8) is 0 Å². The first kappa shape index (κ1) is 20.0. The summed E-state index contributed by atoms with van der Waals surface area (Å²) in [6.07, 6.45) is 8.10. The molecule has 26 heavy (non-hydrogen) atoms. The van der Waals surface area contributed by atoms with Crippen LogP contribution in [0.5, 0.6) is 5.75 Å². The third-order valence-corrected chi connectivity index (χ3v) is 3.93. The van der Waals surface area contributed by atoms with Crippen LogP contribution in [0.25, 0.3) is 11.4 Å². The number of carbonyl (C=O) groups excluding carboxylic acids is 1. The fourth-order valence-corrected chi connectivity index (χ4v) is 2.47. The predicted molar refractivity (Wildman–Crippen MR) is 102 cm³/mol. The number of aromatic nitrogens is 2. The molecule has 5 nitrogen and oxygen atoms in total. The third-order valence-electron chi connectivity index (χ3n) is 3.93. The van der Waals surface area contributed by atoms with Gasteiger partial charge in [0.2, 0.25) is 0 Å². The Hall–Kier alpha value is -2.27. The van der Waals surface area contributed by atoms with Crippen molar-refractivity contribution in [2.75, 3.05) is 6.61 Å². The van der Waals surface area contributed by atoms with Gasteiger partial charge in [0, 0.05) is 24.6 Å². The second-order valence-corrected chi connectivity index (χ2v) is 6.40. The van der Waals surface area contributed by atoms with Crippen LogP contribution in [-0.4, -0.2) is 28.6 Å². The quantitative estimate of drug-likeness (QED) is 0.460. The molecule has 0 radical (unpaired) electrons. The maximum absolute atomic E-state index is 11.9. The summed E-state index contributed by atoms with van der Waals surface area (Å²) in [5.74, 6) is 0.892.